The van der Waals surface area contributed by atoms with Crippen LogP contribution in [0.5, 0.6) is 0 Å². The Balaban J connectivity index is 1.53. The lowest BCUT2D eigenvalue weighted by Crippen LogP contribution is -2.21. The topological polar surface area (TPSA) is 86.8 Å². The SMILES string of the molecule is Cc1cc2cn[nH]c2cc1NC(=O)c1ccc(N2CCCC2)nn1. The van der Waals surface area contributed by atoms with Gasteiger partial charge in [0.05, 0.1) is 11.7 Å². The van der Waals surface area contributed by atoms with Crippen LogP contribution in [0.25, 0.3) is 10.9 Å². The van der Waals surface area contributed by atoms with E-state index in [4.69, 9.17) is 0 Å². The Labute approximate surface area is 139 Å². The van der Waals surface area contributed by atoms with Crippen LogP contribution in [0.3, 0.4) is 0 Å². The van der Waals surface area contributed by atoms with Gasteiger partial charge in [0.1, 0.15) is 0 Å². The molecule has 1 amide bonds. The van der Waals surface area contributed by atoms with Gasteiger partial charge in [-0.05, 0) is 49.6 Å². The molecule has 1 aliphatic heterocycles. The van der Waals surface area contributed by atoms with Gasteiger partial charge >= 0.3 is 0 Å². The summed E-state index contributed by atoms with van der Waals surface area (Å²) < 4.78 is 0. The van der Waals surface area contributed by atoms with E-state index < -0.39 is 0 Å². The van der Waals surface area contributed by atoms with Gasteiger partial charge in [0.2, 0.25) is 0 Å². The molecule has 0 atom stereocenters. The second-order valence-electron chi connectivity index (χ2n) is 6.05. The van der Waals surface area contributed by atoms with Gasteiger partial charge in [0, 0.05) is 24.2 Å². The number of benzene rings is 1. The number of amides is 1. The summed E-state index contributed by atoms with van der Waals surface area (Å²) in [6, 6.07) is 7.44. The van der Waals surface area contributed by atoms with Crippen molar-refractivity contribution >= 4 is 28.3 Å². The zero-order valence-electron chi connectivity index (χ0n) is 13.4. The van der Waals surface area contributed by atoms with Crippen molar-refractivity contribution in [2.45, 2.75) is 19.8 Å². The van der Waals surface area contributed by atoms with Gasteiger partial charge in [-0.1, -0.05) is 0 Å². The van der Waals surface area contributed by atoms with Gasteiger partial charge in [-0.25, -0.2) is 0 Å². The number of hydrogen-bond donors (Lipinski definition) is 2. The van der Waals surface area contributed by atoms with Crippen molar-refractivity contribution in [2.75, 3.05) is 23.3 Å². The van der Waals surface area contributed by atoms with E-state index in [-0.39, 0.29) is 5.91 Å². The molecule has 1 aliphatic rings. The van der Waals surface area contributed by atoms with Crippen LogP contribution >= 0.6 is 0 Å². The zero-order chi connectivity index (χ0) is 16.5. The van der Waals surface area contributed by atoms with Crippen LogP contribution in [0.4, 0.5) is 11.5 Å². The van der Waals surface area contributed by atoms with Crippen molar-refractivity contribution in [1.82, 2.24) is 20.4 Å². The van der Waals surface area contributed by atoms with Crippen molar-refractivity contribution in [3.8, 4) is 0 Å². The lowest BCUT2D eigenvalue weighted by Gasteiger charge is -2.15. The molecule has 4 rings (SSSR count). The number of H-pyrrole nitrogens is 1. The van der Waals surface area contributed by atoms with Crippen molar-refractivity contribution in [2.24, 2.45) is 0 Å². The van der Waals surface area contributed by atoms with Gasteiger partial charge < -0.3 is 10.2 Å². The number of carbonyl (C=O) groups excluding carboxylic acids is 1. The molecule has 0 spiro atoms. The van der Waals surface area contributed by atoms with Crippen LogP contribution in [0.15, 0.2) is 30.5 Å². The summed E-state index contributed by atoms with van der Waals surface area (Å²) in [4.78, 5) is 14.6. The Morgan fingerprint density at radius 2 is 2.04 bits per heavy atom. The van der Waals surface area contributed by atoms with E-state index in [0.29, 0.717) is 5.69 Å². The average molecular weight is 322 g/mol. The van der Waals surface area contributed by atoms with Gasteiger partial charge in [0.15, 0.2) is 11.5 Å². The Bertz CT molecular complexity index is 880. The fourth-order valence-electron chi connectivity index (χ4n) is 2.99. The smallest absolute Gasteiger partial charge is 0.276 e. The molecule has 0 bridgehead atoms. The Morgan fingerprint density at radius 1 is 1.21 bits per heavy atom. The first-order valence-corrected chi connectivity index (χ1v) is 8.04. The molecule has 2 aromatic heterocycles. The summed E-state index contributed by atoms with van der Waals surface area (Å²) in [6.07, 6.45) is 4.12. The first-order valence-electron chi connectivity index (χ1n) is 8.04. The summed E-state index contributed by atoms with van der Waals surface area (Å²) >= 11 is 0. The number of anilines is 2. The molecule has 0 aliphatic carbocycles. The fraction of sp³-hybridized carbons (Fsp3) is 0.294. The number of carbonyl (C=O) groups is 1. The van der Waals surface area contributed by atoms with Crippen molar-refractivity contribution < 1.29 is 4.79 Å². The van der Waals surface area contributed by atoms with E-state index in [1.807, 2.05) is 25.1 Å². The third-order valence-corrected chi connectivity index (χ3v) is 4.35. The van der Waals surface area contributed by atoms with E-state index in [1.165, 1.54) is 12.8 Å². The molecule has 1 aromatic carbocycles. The fourth-order valence-corrected chi connectivity index (χ4v) is 2.99. The molecule has 0 saturated carbocycles. The maximum Gasteiger partial charge on any atom is 0.276 e. The van der Waals surface area contributed by atoms with Crippen LogP contribution in [-0.4, -0.2) is 39.4 Å². The second-order valence-corrected chi connectivity index (χ2v) is 6.05. The van der Waals surface area contributed by atoms with Gasteiger partial charge in [0.25, 0.3) is 5.91 Å². The summed E-state index contributed by atoms with van der Waals surface area (Å²) in [5.41, 5.74) is 2.90. The minimum atomic E-state index is -0.266. The van der Waals surface area contributed by atoms with Crippen LogP contribution in [0, 0.1) is 6.92 Å². The van der Waals surface area contributed by atoms with Gasteiger partial charge in [-0.3, -0.25) is 9.89 Å². The highest BCUT2D eigenvalue weighted by Gasteiger charge is 2.16. The highest BCUT2D eigenvalue weighted by Crippen LogP contribution is 2.22. The lowest BCUT2D eigenvalue weighted by molar-refractivity contribution is 0.102. The first-order chi connectivity index (χ1) is 11.7. The van der Waals surface area contributed by atoms with E-state index in [2.05, 4.69) is 30.6 Å². The van der Waals surface area contributed by atoms with Crippen LogP contribution in [-0.2, 0) is 0 Å². The summed E-state index contributed by atoms with van der Waals surface area (Å²) in [6.45, 7) is 3.96. The Kier molecular flexibility index (Phi) is 3.60. The molecule has 24 heavy (non-hydrogen) atoms. The van der Waals surface area contributed by atoms with Crippen molar-refractivity contribution in [1.29, 1.82) is 0 Å². The predicted octanol–water partition coefficient (Wildman–Crippen LogP) is 2.51. The van der Waals surface area contributed by atoms with Crippen LogP contribution in [0.1, 0.15) is 28.9 Å². The molecule has 7 nitrogen and oxygen atoms in total. The van der Waals surface area contributed by atoms with Gasteiger partial charge in [-0.15, -0.1) is 10.2 Å². The molecule has 0 radical (unpaired) electrons. The number of hydrogen-bond acceptors (Lipinski definition) is 5. The van der Waals surface area contributed by atoms with Crippen molar-refractivity contribution in [3.05, 3.63) is 41.7 Å². The molecule has 1 saturated heterocycles. The minimum absolute atomic E-state index is 0.266. The third-order valence-electron chi connectivity index (χ3n) is 4.35. The molecular weight excluding hydrogens is 304 g/mol. The molecule has 2 N–H and O–H groups in total. The number of aromatic nitrogens is 4. The number of aryl methyl sites for hydroxylation is 1. The van der Waals surface area contributed by atoms with E-state index in [9.17, 15) is 4.79 Å². The average Bonchev–Trinajstić information content (AvgIpc) is 3.26. The second kappa shape index (κ2) is 5.92. The molecule has 3 heterocycles. The lowest BCUT2D eigenvalue weighted by atomic mass is 10.1. The maximum absolute atomic E-state index is 12.4. The molecule has 3 aromatic rings. The standard InChI is InChI=1S/C17H18N6O/c1-11-8-12-10-18-20-15(12)9-14(11)19-17(24)13-4-5-16(22-21-13)23-6-2-3-7-23/h4-5,8-10H,2-3,6-7H2,1H3,(H,18,20)(H,19,24). The highest BCUT2D eigenvalue weighted by atomic mass is 16.1. The maximum atomic E-state index is 12.4. The van der Waals surface area contributed by atoms with E-state index in [1.54, 1.807) is 12.3 Å². The Hall–Kier alpha value is -2.96. The highest BCUT2D eigenvalue weighted by molar-refractivity contribution is 6.04. The minimum Gasteiger partial charge on any atom is -0.355 e. The monoisotopic (exact) mass is 322 g/mol. The summed E-state index contributed by atoms with van der Waals surface area (Å²) in [5.74, 6) is 0.566. The quantitative estimate of drug-likeness (QED) is 0.774. The first kappa shape index (κ1) is 14.6. The summed E-state index contributed by atoms with van der Waals surface area (Å²) in [7, 11) is 0. The van der Waals surface area contributed by atoms with Crippen LogP contribution in [0.2, 0.25) is 0 Å². The largest absolute Gasteiger partial charge is 0.355 e. The third kappa shape index (κ3) is 2.68. The van der Waals surface area contributed by atoms with Gasteiger partial charge in [-0.2, -0.15) is 5.10 Å². The number of aromatic amines is 1. The molecule has 7 heteroatoms. The molecule has 122 valence electrons. The number of nitrogens with zero attached hydrogens (tertiary/aromatic N) is 4. The van der Waals surface area contributed by atoms with Crippen LogP contribution < -0.4 is 10.2 Å². The predicted molar refractivity (Wildman–Crippen MR) is 92.3 cm³/mol. The molecule has 1 fully saturated rings. The number of fused-ring (bicyclic) bond motifs is 1. The van der Waals surface area contributed by atoms with E-state index >= 15 is 0 Å². The zero-order valence-corrected chi connectivity index (χ0v) is 13.4. The Morgan fingerprint density at radius 3 is 2.79 bits per heavy atom. The van der Waals surface area contributed by atoms with E-state index in [0.717, 1.165) is 41.1 Å². The molecule has 0 unspecified atom stereocenters. The normalized spacial score (nSPS) is 14.3. The summed E-state index contributed by atoms with van der Waals surface area (Å²) in [5, 5.41) is 19.1. The molecular formula is C17H18N6O. The number of nitrogens with one attached hydrogen (secondary N) is 2. The number of rotatable bonds is 3. The van der Waals surface area contributed by atoms with Crippen molar-refractivity contribution in [3.63, 3.8) is 0 Å².